The molecule has 0 aliphatic rings. The highest BCUT2D eigenvalue weighted by molar-refractivity contribution is 7.80. The van der Waals surface area contributed by atoms with Crippen LogP contribution in [0.25, 0.3) is 16.9 Å². The lowest BCUT2D eigenvalue weighted by Gasteiger charge is -2.03. The number of para-hydroxylation sites is 1. The zero-order chi connectivity index (χ0) is 18.4. The number of nitrogens with one attached hydrogen (secondary N) is 2. The number of benzene rings is 2. The Morgan fingerprint density at radius 2 is 2.00 bits per heavy atom. The maximum atomic E-state index is 5.14. The van der Waals surface area contributed by atoms with E-state index in [9.17, 15) is 0 Å². The molecule has 0 aliphatic heterocycles. The Labute approximate surface area is 158 Å². The fraction of sp³-hybridized carbons (Fsp3) is 0.150. The molecule has 2 N–H and O–H groups in total. The van der Waals surface area contributed by atoms with Crippen molar-refractivity contribution in [3.8, 4) is 16.9 Å². The summed E-state index contributed by atoms with van der Waals surface area (Å²) in [4.78, 5) is 0. The van der Waals surface area contributed by atoms with E-state index in [2.05, 4.69) is 41.0 Å². The summed E-state index contributed by atoms with van der Waals surface area (Å²) in [6.07, 6.45) is 3.71. The van der Waals surface area contributed by atoms with Crippen LogP contribution in [0.1, 0.15) is 18.1 Å². The van der Waals surface area contributed by atoms with Gasteiger partial charge in [0.1, 0.15) is 5.69 Å². The molecular weight excluding hydrogens is 342 g/mol. The standard InChI is InChI=1S/C20H21N5S/c1-3-21-20(26)23-22-13-17-14-25(18-10-5-4-6-11-18)24-19(17)16-9-7-8-15(2)12-16/h4-14H,3H2,1-2H3,(H2,21,23,26)/b22-13-. The predicted molar refractivity (Wildman–Crippen MR) is 111 cm³/mol. The first-order valence-electron chi connectivity index (χ1n) is 8.46. The lowest BCUT2D eigenvalue weighted by molar-refractivity contribution is 0.884. The summed E-state index contributed by atoms with van der Waals surface area (Å²) in [5.74, 6) is 0. The first-order chi connectivity index (χ1) is 12.7. The number of nitrogens with zero attached hydrogens (tertiary/aromatic N) is 3. The Bertz CT molecular complexity index is 915. The van der Waals surface area contributed by atoms with Gasteiger partial charge in [0, 0.05) is 23.9 Å². The minimum atomic E-state index is 0.497. The zero-order valence-corrected chi connectivity index (χ0v) is 15.6. The maximum absolute atomic E-state index is 5.14. The van der Waals surface area contributed by atoms with Crippen LogP contribution in [0.4, 0.5) is 0 Å². The second-order valence-electron chi connectivity index (χ2n) is 5.81. The van der Waals surface area contributed by atoms with E-state index >= 15 is 0 Å². The van der Waals surface area contributed by atoms with E-state index in [4.69, 9.17) is 17.3 Å². The van der Waals surface area contributed by atoms with Crippen LogP contribution in [0.2, 0.25) is 0 Å². The average Bonchev–Trinajstić information content (AvgIpc) is 3.07. The summed E-state index contributed by atoms with van der Waals surface area (Å²) >= 11 is 5.14. The van der Waals surface area contributed by atoms with Crippen molar-refractivity contribution in [1.29, 1.82) is 0 Å². The normalized spacial score (nSPS) is 10.8. The van der Waals surface area contributed by atoms with Crippen molar-refractivity contribution in [3.63, 3.8) is 0 Å². The van der Waals surface area contributed by atoms with Gasteiger partial charge in [0.25, 0.3) is 0 Å². The highest BCUT2D eigenvalue weighted by atomic mass is 32.1. The van der Waals surface area contributed by atoms with Crippen molar-refractivity contribution in [2.24, 2.45) is 5.10 Å². The van der Waals surface area contributed by atoms with Crippen molar-refractivity contribution in [3.05, 3.63) is 71.9 Å². The Morgan fingerprint density at radius 1 is 1.19 bits per heavy atom. The van der Waals surface area contributed by atoms with E-state index in [1.165, 1.54) is 5.56 Å². The van der Waals surface area contributed by atoms with Crippen LogP contribution in [0.15, 0.2) is 65.9 Å². The monoisotopic (exact) mass is 363 g/mol. The third-order valence-electron chi connectivity index (χ3n) is 3.76. The zero-order valence-electron chi connectivity index (χ0n) is 14.8. The molecule has 3 aromatic rings. The van der Waals surface area contributed by atoms with Gasteiger partial charge in [0.15, 0.2) is 5.11 Å². The summed E-state index contributed by atoms with van der Waals surface area (Å²) in [5, 5.41) is 12.5. The van der Waals surface area contributed by atoms with Crippen molar-refractivity contribution < 1.29 is 0 Å². The third-order valence-corrected chi connectivity index (χ3v) is 4.00. The summed E-state index contributed by atoms with van der Waals surface area (Å²) in [5.41, 5.74) is 7.84. The molecule has 0 unspecified atom stereocenters. The minimum Gasteiger partial charge on any atom is -0.362 e. The number of aryl methyl sites for hydroxylation is 1. The van der Waals surface area contributed by atoms with Crippen LogP contribution in [0.3, 0.4) is 0 Å². The molecule has 0 saturated heterocycles. The van der Waals surface area contributed by atoms with Gasteiger partial charge in [-0.1, -0.05) is 42.0 Å². The van der Waals surface area contributed by atoms with Gasteiger partial charge in [0.2, 0.25) is 0 Å². The fourth-order valence-corrected chi connectivity index (χ4v) is 2.77. The number of aromatic nitrogens is 2. The van der Waals surface area contributed by atoms with E-state index in [1.807, 2.05) is 54.2 Å². The van der Waals surface area contributed by atoms with Gasteiger partial charge < -0.3 is 5.32 Å². The molecule has 3 rings (SSSR count). The lowest BCUT2D eigenvalue weighted by atomic mass is 10.1. The highest BCUT2D eigenvalue weighted by Gasteiger charge is 2.11. The summed E-state index contributed by atoms with van der Waals surface area (Å²) in [6.45, 7) is 4.81. The molecule has 2 aromatic carbocycles. The first kappa shape index (κ1) is 17.8. The highest BCUT2D eigenvalue weighted by Crippen LogP contribution is 2.23. The Kier molecular flexibility index (Phi) is 5.76. The van der Waals surface area contributed by atoms with Gasteiger partial charge in [-0.25, -0.2) is 4.68 Å². The van der Waals surface area contributed by atoms with Crippen LogP contribution in [-0.4, -0.2) is 27.7 Å². The molecule has 26 heavy (non-hydrogen) atoms. The predicted octanol–water partition coefficient (Wildman–Crippen LogP) is 3.67. The molecule has 0 fully saturated rings. The van der Waals surface area contributed by atoms with Gasteiger partial charge in [-0.2, -0.15) is 10.2 Å². The number of hydrazone groups is 1. The number of rotatable bonds is 5. The van der Waals surface area contributed by atoms with E-state index in [0.717, 1.165) is 29.1 Å². The molecule has 0 atom stereocenters. The van der Waals surface area contributed by atoms with Crippen molar-refractivity contribution >= 4 is 23.5 Å². The Hall–Kier alpha value is -2.99. The van der Waals surface area contributed by atoms with E-state index in [1.54, 1.807) is 6.21 Å². The second kappa shape index (κ2) is 8.40. The van der Waals surface area contributed by atoms with Crippen LogP contribution in [0.5, 0.6) is 0 Å². The number of hydrogen-bond acceptors (Lipinski definition) is 3. The van der Waals surface area contributed by atoms with E-state index in [0.29, 0.717) is 5.11 Å². The minimum absolute atomic E-state index is 0.497. The topological polar surface area (TPSA) is 54.2 Å². The first-order valence-corrected chi connectivity index (χ1v) is 8.87. The molecule has 1 heterocycles. The SMILES string of the molecule is CCNC(=S)N/N=C\c1cn(-c2ccccc2)nc1-c1cccc(C)c1. The van der Waals surface area contributed by atoms with Crippen molar-refractivity contribution in [2.75, 3.05) is 6.54 Å². The van der Waals surface area contributed by atoms with E-state index in [-0.39, 0.29) is 0 Å². The smallest absolute Gasteiger partial charge is 0.186 e. The molecule has 1 aromatic heterocycles. The summed E-state index contributed by atoms with van der Waals surface area (Å²) < 4.78 is 1.86. The second-order valence-corrected chi connectivity index (χ2v) is 6.22. The molecule has 0 saturated carbocycles. The van der Waals surface area contributed by atoms with Gasteiger partial charge in [0.05, 0.1) is 11.9 Å². The average molecular weight is 363 g/mol. The fourth-order valence-electron chi connectivity index (χ4n) is 2.57. The van der Waals surface area contributed by atoms with Crippen LogP contribution in [0, 0.1) is 6.92 Å². The quantitative estimate of drug-likeness (QED) is 0.413. The van der Waals surface area contributed by atoms with Gasteiger partial charge >= 0.3 is 0 Å². The van der Waals surface area contributed by atoms with Crippen molar-refractivity contribution in [1.82, 2.24) is 20.5 Å². The van der Waals surface area contributed by atoms with Crippen molar-refractivity contribution in [2.45, 2.75) is 13.8 Å². The van der Waals surface area contributed by atoms with Crippen LogP contribution < -0.4 is 10.7 Å². The summed E-state index contributed by atoms with van der Waals surface area (Å²) in [7, 11) is 0. The van der Waals surface area contributed by atoms with E-state index < -0.39 is 0 Å². The molecule has 0 aliphatic carbocycles. The lowest BCUT2D eigenvalue weighted by Crippen LogP contribution is -2.31. The third kappa shape index (κ3) is 4.34. The molecule has 0 radical (unpaired) electrons. The summed E-state index contributed by atoms with van der Waals surface area (Å²) in [6, 6.07) is 18.3. The molecule has 6 heteroatoms. The Morgan fingerprint density at radius 3 is 2.73 bits per heavy atom. The molecule has 0 spiro atoms. The van der Waals surface area contributed by atoms with Gasteiger partial charge in [-0.15, -0.1) is 0 Å². The molecular formula is C20H21N5S. The number of hydrogen-bond donors (Lipinski definition) is 2. The molecule has 0 amide bonds. The van der Waals surface area contributed by atoms with Crippen LogP contribution >= 0.6 is 12.2 Å². The molecule has 0 bridgehead atoms. The Balaban J connectivity index is 1.96. The number of thiocarbonyl (C=S) groups is 1. The maximum Gasteiger partial charge on any atom is 0.186 e. The van der Waals surface area contributed by atoms with Gasteiger partial charge in [-0.3, -0.25) is 5.43 Å². The molecule has 5 nitrogen and oxygen atoms in total. The largest absolute Gasteiger partial charge is 0.362 e. The van der Waals surface area contributed by atoms with Gasteiger partial charge in [-0.05, 0) is 44.3 Å². The molecule has 132 valence electrons. The van der Waals surface area contributed by atoms with Crippen LogP contribution in [-0.2, 0) is 0 Å².